The van der Waals surface area contributed by atoms with Crippen LogP contribution in [-0.2, 0) is 4.79 Å². The van der Waals surface area contributed by atoms with Gasteiger partial charge in [-0.1, -0.05) is 23.5 Å². The van der Waals surface area contributed by atoms with Crippen molar-refractivity contribution in [3.8, 4) is 17.2 Å². The van der Waals surface area contributed by atoms with Gasteiger partial charge in [-0.05, 0) is 24.3 Å². The number of amides is 1. The normalized spacial score (nSPS) is 14.5. The van der Waals surface area contributed by atoms with E-state index in [1.54, 1.807) is 23.1 Å². The molecule has 1 saturated heterocycles. The van der Waals surface area contributed by atoms with E-state index in [0.29, 0.717) is 53.0 Å². The minimum atomic E-state index is -4.74. The van der Waals surface area contributed by atoms with Crippen molar-refractivity contribution < 1.29 is 32.2 Å². The summed E-state index contributed by atoms with van der Waals surface area (Å²) in [6.07, 6.45) is -4.74. The van der Waals surface area contributed by atoms with E-state index < -0.39 is 6.36 Å². The van der Waals surface area contributed by atoms with Crippen LogP contribution in [0.2, 0.25) is 0 Å². The molecule has 0 bridgehead atoms. The molecule has 0 saturated carbocycles. The lowest BCUT2D eigenvalue weighted by Crippen LogP contribution is -2.50. The van der Waals surface area contributed by atoms with Gasteiger partial charge in [0, 0.05) is 32.2 Å². The maximum absolute atomic E-state index is 12.5. The van der Waals surface area contributed by atoms with Crippen LogP contribution in [0.25, 0.3) is 10.2 Å². The fourth-order valence-corrected chi connectivity index (χ4v) is 4.39. The van der Waals surface area contributed by atoms with Crippen molar-refractivity contribution in [1.82, 2.24) is 9.88 Å². The minimum absolute atomic E-state index is 0.0938. The Morgan fingerprint density at radius 3 is 2.50 bits per heavy atom. The van der Waals surface area contributed by atoms with Crippen molar-refractivity contribution in [3.05, 3.63) is 42.5 Å². The van der Waals surface area contributed by atoms with Crippen LogP contribution in [0.3, 0.4) is 0 Å². The molecule has 32 heavy (non-hydrogen) atoms. The molecule has 7 nitrogen and oxygen atoms in total. The zero-order valence-electron chi connectivity index (χ0n) is 17.1. The quantitative estimate of drug-likeness (QED) is 0.548. The largest absolute Gasteiger partial charge is 0.573 e. The van der Waals surface area contributed by atoms with Crippen LogP contribution in [0.5, 0.6) is 17.2 Å². The maximum Gasteiger partial charge on any atom is 0.573 e. The molecule has 2 heterocycles. The molecule has 0 atom stereocenters. The first-order valence-corrected chi connectivity index (χ1v) is 10.6. The van der Waals surface area contributed by atoms with Gasteiger partial charge in [0.2, 0.25) is 0 Å². The van der Waals surface area contributed by atoms with Crippen LogP contribution in [0.4, 0.5) is 18.3 Å². The first kappa shape index (κ1) is 22.0. The number of anilines is 1. The molecular formula is C21H20F3N3O4S. The standard InChI is InChI=1S/C21H20F3N3O4S/c1-29-16-4-2-3-5-17(16)30-13-19(28)26-8-10-27(11-9-26)20-25-15-7-6-14(12-18(15)32-20)31-21(22,23)24/h2-7,12H,8-11,13H2,1H3. The second-order valence-electron chi connectivity index (χ2n) is 6.98. The summed E-state index contributed by atoms with van der Waals surface area (Å²) in [6.45, 7) is 2.01. The van der Waals surface area contributed by atoms with E-state index in [2.05, 4.69) is 9.72 Å². The van der Waals surface area contributed by atoms with E-state index in [9.17, 15) is 18.0 Å². The summed E-state index contributed by atoms with van der Waals surface area (Å²) in [5, 5.41) is 0.696. The smallest absolute Gasteiger partial charge is 0.493 e. The molecule has 1 aliphatic rings. The zero-order chi connectivity index (χ0) is 22.7. The molecule has 0 aliphatic carbocycles. The summed E-state index contributed by atoms with van der Waals surface area (Å²) in [7, 11) is 1.54. The number of nitrogens with zero attached hydrogens (tertiary/aromatic N) is 3. The van der Waals surface area contributed by atoms with E-state index in [1.807, 2.05) is 11.0 Å². The molecular weight excluding hydrogens is 447 g/mol. The van der Waals surface area contributed by atoms with E-state index in [-0.39, 0.29) is 18.3 Å². The van der Waals surface area contributed by atoms with Crippen LogP contribution < -0.4 is 19.1 Å². The van der Waals surface area contributed by atoms with Gasteiger partial charge in [0.1, 0.15) is 5.75 Å². The van der Waals surface area contributed by atoms with Crippen LogP contribution in [0.1, 0.15) is 0 Å². The van der Waals surface area contributed by atoms with Crippen molar-refractivity contribution >= 4 is 32.6 Å². The topological polar surface area (TPSA) is 64.1 Å². The Bertz CT molecular complexity index is 1100. The third-order valence-corrected chi connectivity index (χ3v) is 5.98. The molecule has 0 N–H and O–H groups in total. The number of hydrogen-bond donors (Lipinski definition) is 0. The number of methoxy groups -OCH3 is 1. The molecule has 0 spiro atoms. The highest BCUT2D eigenvalue weighted by atomic mass is 32.1. The summed E-state index contributed by atoms with van der Waals surface area (Å²) in [5.41, 5.74) is 0.600. The van der Waals surface area contributed by atoms with Gasteiger partial charge in [-0.25, -0.2) is 4.98 Å². The van der Waals surface area contributed by atoms with Crippen LogP contribution >= 0.6 is 11.3 Å². The summed E-state index contributed by atoms with van der Waals surface area (Å²) >= 11 is 1.29. The number of carbonyl (C=O) groups excluding carboxylic acids is 1. The number of para-hydroxylation sites is 2. The first-order chi connectivity index (χ1) is 15.3. The number of rotatable bonds is 6. The highest BCUT2D eigenvalue weighted by Crippen LogP contribution is 2.33. The lowest BCUT2D eigenvalue weighted by molar-refractivity contribution is -0.274. The molecule has 1 aliphatic heterocycles. The summed E-state index contributed by atoms with van der Waals surface area (Å²) < 4.78 is 52.7. The SMILES string of the molecule is COc1ccccc1OCC(=O)N1CCN(c2nc3ccc(OC(F)(F)F)cc3s2)CC1. The molecule has 11 heteroatoms. The average Bonchev–Trinajstić information content (AvgIpc) is 3.20. The zero-order valence-corrected chi connectivity index (χ0v) is 17.9. The molecule has 0 radical (unpaired) electrons. The van der Waals surface area contributed by atoms with Crippen molar-refractivity contribution in [2.45, 2.75) is 6.36 Å². The monoisotopic (exact) mass is 467 g/mol. The Kier molecular flexibility index (Phi) is 6.26. The van der Waals surface area contributed by atoms with Gasteiger partial charge in [-0.15, -0.1) is 13.2 Å². The molecule has 1 aromatic heterocycles. The number of ether oxygens (including phenoxy) is 3. The van der Waals surface area contributed by atoms with Gasteiger partial charge >= 0.3 is 6.36 Å². The molecule has 4 rings (SSSR count). The van der Waals surface area contributed by atoms with Gasteiger partial charge in [-0.3, -0.25) is 4.79 Å². The van der Waals surface area contributed by atoms with Crippen molar-refractivity contribution in [2.24, 2.45) is 0 Å². The van der Waals surface area contributed by atoms with Crippen LogP contribution in [-0.4, -0.2) is 62.0 Å². The number of hydrogen-bond acceptors (Lipinski definition) is 7. The predicted octanol–water partition coefficient (Wildman–Crippen LogP) is 3.93. The lowest BCUT2D eigenvalue weighted by atomic mass is 10.3. The van der Waals surface area contributed by atoms with E-state index in [0.717, 1.165) is 0 Å². The number of fused-ring (bicyclic) bond motifs is 1. The molecule has 1 fully saturated rings. The Labute approximate surface area is 185 Å². The molecule has 3 aromatic rings. The van der Waals surface area contributed by atoms with Gasteiger partial charge in [0.05, 0.1) is 17.3 Å². The second kappa shape index (κ2) is 9.11. The molecule has 0 unspecified atom stereocenters. The molecule has 2 aromatic carbocycles. The Morgan fingerprint density at radius 2 is 1.81 bits per heavy atom. The van der Waals surface area contributed by atoms with E-state index in [4.69, 9.17) is 9.47 Å². The second-order valence-corrected chi connectivity index (χ2v) is 7.99. The van der Waals surface area contributed by atoms with Crippen LogP contribution in [0, 0.1) is 0 Å². The number of thiazole rings is 1. The summed E-state index contributed by atoms with van der Waals surface area (Å²) in [4.78, 5) is 20.8. The predicted molar refractivity (Wildman–Crippen MR) is 114 cm³/mol. The lowest BCUT2D eigenvalue weighted by Gasteiger charge is -2.34. The molecule has 170 valence electrons. The van der Waals surface area contributed by atoms with Crippen molar-refractivity contribution in [2.75, 3.05) is 44.8 Å². The highest BCUT2D eigenvalue weighted by molar-refractivity contribution is 7.22. The minimum Gasteiger partial charge on any atom is -0.493 e. The van der Waals surface area contributed by atoms with Gasteiger partial charge in [-0.2, -0.15) is 0 Å². The maximum atomic E-state index is 12.5. The summed E-state index contributed by atoms with van der Waals surface area (Å²) in [5.74, 6) is 0.662. The average molecular weight is 467 g/mol. The van der Waals surface area contributed by atoms with Crippen molar-refractivity contribution in [1.29, 1.82) is 0 Å². The number of halogens is 3. The van der Waals surface area contributed by atoms with Gasteiger partial charge in [0.15, 0.2) is 23.2 Å². The van der Waals surface area contributed by atoms with Crippen molar-refractivity contribution in [3.63, 3.8) is 0 Å². The third-order valence-electron chi connectivity index (χ3n) is 4.91. The fourth-order valence-electron chi connectivity index (χ4n) is 3.34. The fraction of sp³-hybridized carbons (Fsp3) is 0.333. The Morgan fingerprint density at radius 1 is 1.09 bits per heavy atom. The Hall–Kier alpha value is -3.21. The summed E-state index contributed by atoms with van der Waals surface area (Å²) in [6, 6.07) is 11.2. The third kappa shape index (κ3) is 5.16. The number of benzene rings is 2. The number of carbonyl (C=O) groups is 1. The number of aromatic nitrogens is 1. The van der Waals surface area contributed by atoms with E-state index in [1.165, 1.54) is 36.6 Å². The van der Waals surface area contributed by atoms with Gasteiger partial charge < -0.3 is 24.0 Å². The highest BCUT2D eigenvalue weighted by Gasteiger charge is 2.31. The van der Waals surface area contributed by atoms with Crippen LogP contribution in [0.15, 0.2) is 42.5 Å². The molecule has 1 amide bonds. The number of alkyl halides is 3. The first-order valence-electron chi connectivity index (χ1n) is 9.77. The number of piperazine rings is 1. The van der Waals surface area contributed by atoms with E-state index >= 15 is 0 Å². The Balaban J connectivity index is 1.34. The van der Waals surface area contributed by atoms with Gasteiger partial charge in [0.25, 0.3) is 5.91 Å².